The van der Waals surface area contributed by atoms with Gasteiger partial charge in [0.1, 0.15) is 23.9 Å². The summed E-state index contributed by atoms with van der Waals surface area (Å²) in [6.45, 7) is 5.25. The number of carbonyl (C=O) groups is 2. The fraction of sp³-hybridized carbons (Fsp3) is 0.357. The smallest absolute Gasteiger partial charge is 0.254 e. The van der Waals surface area contributed by atoms with Gasteiger partial charge in [0, 0.05) is 25.3 Å². The SMILES string of the molecule is Cc1ccc(C(=O)N(CC(=O)N(Cc2ccc(F)cc2)Cc2ccc(C)o2)CC2CCCO2)cc1. The number of aryl methyl sites for hydroxylation is 2. The van der Waals surface area contributed by atoms with Gasteiger partial charge in [-0.05, 0) is 68.7 Å². The molecule has 0 saturated carbocycles. The van der Waals surface area contributed by atoms with Crippen molar-refractivity contribution in [3.8, 4) is 0 Å². The van der Waals surface area contributed by atoms with Crippen LogP contribution in [0.15, 0.2) is 65.1 Å². The van der Waals surface area contributed by atoms with Crippen molar-refractivity contribution in [1.29, 1.82) is 0 Å². The van der Waals surface area contributed by atoms with Crippen molar-refractivity contribution in [2.75, 3.05) is 19.7 Å². The predicted octanol–water partition coefficient (Wildman–Crippen LogP) is 4.89. The maximum absolute atomic E-state index is 13.6. The van der Waals surface area contributed by atoms with Crippen molar-refractivity contribution >= 4 is 11.8 Å². The highest BCUT2D eigenvalue weighted by Gasteiger charge is 2.27. The number of benzene rings is 2. The van der Waals surface area contributed by atoms with E-state index in [0.29, 0.717) is 24.5 Å². The standard InChI is InChI=1S/C28H31FN2O4/c1-20-5-10-23(11-6-20)28(33)31(17-25-4-3-15-34-25)19-27(32)30(18-26-14-7-21(2)35-26)16-22-8-12-24(29)13-9-22/h5-14,25H,3-4,15-19H2,1-2H3. The van der Waals surface area contributed by atoms with Crippen LogP contribution < -0.4 is 0 Å². The second kappa shape index (κ2) is 11.3. The van der Waals surface area contributed by atoms with Gasteiger partial charge in [0.05, 0.1) is 12.6 Å². The van der Waals surface area contributed by atoms with Gasteiger partial charge < -0.3 is 19.0 Å². The zero-order valence-corrected chi connectivity index (χ0v) is 20.2. The molecule has 1 fully saturated rings. The van der Waals surface area contributed by atoms with Crippen molar-refractivity contribution in [3.05, 3.63) is 94.7 Å². The first-order chi connectivity index (χ1) is 16.9. The van der Waals surface area contributed by atoms with Crippen LogP contribution in [0.2, 0.25) is 0 Å². The molecule has 35 heavy (non-hydrogen) atoms. The van der Waals surface area contributed by atoms with Gasteiger partial charge in [0.15, 0.2) is 0 Å². The van der Waals surface area contributed by atoms with E-state index in [1.54, 1.807) is 34.1 Å². The van der Waals surface area contributed by atoms with Gasteiger partial charge in [-0.15, -0.1) is 0 Å². The van der Waals surface area contributed by atoms with E-state index in [1.807, 2.05) is 38.1 Å². The number of halogens is 1. The Morgan fingerprint density at radius 1 is 0.943 bits per heavy atom. The number of hydrogen-bond acceptors (Lipinski definition) is 4. The fourth-order valence-electron chi connectivity index (χ4n) is 4.20. The Morgan fingerprint density at radius 3 is 2.31 bits per heavy atom. The van der Waals surface area contributed by atoms with Crippen LogP contribution in [0, 0.1) is 19.7 Å². The Balaban J connectivity index is 1.55. The van der Waals surface area contributed by atoms with Gasteiger partial charge in [-0.25, -0.2) is 4.39 Å². The first-order valence-corrected chi connectivity index (χ1v) is 11.9. The minimum Gasteiger partial charge on any atom is -0.464 e. The topological polar surface area (TPSA) is 63.0 Å². The van der Waals surface area contributed by atoms with Crippen molar-refractivity contribution in [1.82, 2.24) is 9.80 Å². The Hall–Kier alpha value is -3.45. The highest BCUT2D eigenvalue weighted by molar-refractivity contribution is 5.96. The molecule has 0 radical (unpaired) electrons. The van der Waals surface area contributed by atoms with E-state index in [2.05, 4.69) is 0 Å². The van der Waals surface area contributed by atoms with E-state index >= 15 is 0 Å². The van der Waals surface area contributed by atoms with Crippen molar-refractivity contribution < 1.29 is 23.1 Å². The van der Waals surface area contributed by atoms with Gasteiger partial charge in [0.25, 0.3) is 5.91 Å². The molecule has 2 amide bonds. The summed E-state index contributed by atoms with van der Waals surface area (Å²) in [4.78, 5) is 30.2. The summed E-state index contributed by atoms with van der Waals surface area (Å²) < 4.78 is 24.9. The minimum absolute atomic E-state index is 0.0875. The number of ether oxygens (including phenoxy) is 1. The van der Waals surface area contributed by atoms with Crippen molar-refractivity contribution in [2.45, 2.75) is 45.9 Å². The molecule has 1 aliphatic heterocycles. The molecular weight excluding hydrogens is 447 g/mol. The van der Waals surface area contributed by atoms with E-state index in [0.717, 1.165) is 29.7 Å². The molecule has 4 rings (SSSR count). The molecule has 184 valence electrons. The predicted molar refractivity (Wildman–Crippen MR) is 130 cm³/mol. The Labute approximate surface area is 205 Å². The van der Waals surface area contributed by atoms with E-state index in [-0.39, 0.29) is 43.4 Å². The van der Waals surface area contributed by atoms with Crippen LogP contribution in [0.5, 0.6) is 0 Å². The molecule has 1 atom stereocenters. The van der Waals surface area contributed by atoms with Gasteiger partial charge in [-0.1, -0.05) is 29.8 Å². The molecular formula is C28H31FN2O4. The lowest BCUT2D eigenvalue weighted by Crippen LogP contribution is -2.45. The van der Waals surface area contributed by atoms with E-state index < -0.39 is 0 Å². The van der Waals surface area contributed by atoms with E-state index in [1.165, 1.54) is 12.1 Å². The normalized spacial score (nSPS) is 15.2. The summed E-state index contributed by atoms with van der Waals surface area (Å²) in [5.74, 6) is 0.642. The maximum atomic E-state index is 13.6. The van der Waals surface area contributed by atoms with Gasteiger partial charge in [-0.3, -0.25) is 9.59 Å². The first kappa shape index (κ1) is 24.7. The third-order valence-corrected chi connectivity index (χ3v) is 6.14. The summed E-state index contributed by atoms with van der Waals surface area (Å²) >= 11 is 0. The molecule has 7 heteroatoms. The molecule has 0 aliphatic carbocycles. The van der Waals surface area contributed by atoms with Crippen LogP contribution >= 0.6 is 0 Å². The number of amides is 2. The first-order valence-electron chi connectivity index (χ1n) is 11.9. The third kappa shape index (κ3) is 6.79. The van der Waals surface area contributed by atoms with Crippen LogP contribution in [0.4, 0.5) is 4.39 Å². The van der Waals surface area contributed by atoms with Gasteiger partial charge >= 0.3 is 0 Å². The van der Waals surface area contributed by atoms with Crippen molar-refractivity contribution in [2.24, 2.45) is 0 Å². The maximum Gasteiger partial charge on any atom is 0.254 e. The fourth-order valence-corrected chi connectivity index (χ4v) is 4.20. The monoisotopic (exact) mass is 478 g/mol. The lowest BCUT2D eigenvalue weighted by atomic mass is 10.1. The van der Waals surface area contributed by atoms with Crippen molar-refractivity contribution in [3.63, 3.8) is 0 Å². The highest BCUT2D eigenvalue weighted by Crippen LogP contribution is 2.18. The van der Waals surface area contributed by atoms with Crippen LogP contribution in [0.1, 0.15) is 45.8 Å². The second-order valence-corrected chi connectivity index (χ2v) is 9.08. The molecule has 0 spiro atoms. The summed E-state index contributed by atoms with van der Waals surface area (Å²) in [7, 11) is 0. The molecule has 1 saturated heterocycles. The van der Waals surface area contributed by atoms with E-state index in [9.17, 15) is 14.0 Å². The number of carbonyl (C=O) groups excluding carboxylic acids is 2. The lowest BCUT2D eigenvalue weighted by Gasteiger charge is -2.29. The number of rotatable bonds is 9. The van der Waals surface area contributed by atoms with Crippen LogP contribution in [0.25, 0.3) is 0 Å². The van der Waals surface area contributed by atoms with Gasteiger partial charge in [0.2, 0.25) is 5.91 Å². The Kier molecular flexibility index (Phi) is 7.98. The summed E-state index contributed by atoms with van der Waals surface area (Å²) in [6.07, 6.45) is 1.71. The number of furan rings is 1. The average molecular weight is 479 g/mol. The van der Waals surface area contributed by atoms with Crippen LogP contribution in [-0.2, 0) is 22.6 Å². The molecule has 0 N–H and O–H groups in total. The van der Waals surface area contributed by atoms with Gasteiger partial charge in [-0.2, -0.15) is 0 Å². The molecule has 1 unspecified atom stereocenters. The molecule has 2 heterocycles. The Morgan fingerprint density at radius 2 is 1.69 bits per heavy atom. The largest absolute Gasteiger partial charge is 0.464 e. The minimum atomic E-state index is -0.334. The summed E-state index contributed by atoms with van der Waals surface area (Å²) in [5.41, 5.74) is 2.38. The summed E-state index contributed by atoms with van der Waals surface area (Å²) in [6, 6.07) is 17.1. The number of nitrogens with zero attached hydrogens (tertiary/aromatic N) is 2. The highest BCUT2D eigenvalue weighted by atomic mass is 19.1. The van der Waals surface area contributed by atoms with Crippen LogP contribution in [0.3, 0.4) is 0 Å². The second-order valence-electron chi connectivity index (χ2n) is 9.08. The quantitative estimate of drug-likeness (QED) is 0.440. The zero-order chi connectivity index (χ0) is 24.8. The summed E-state index contributed by atoms with van der Waals surface area (Å²) in [5, 5.41) is 0. The molecule has 3 aromatic rings. The molecule has 1 aliphatic rings. The third-order valence-electron chi connectivity index (χ3n) is 6.14. The zero-order valence-electron chi connectivity index (χ0n) is 20.2. The molecule has 2 aromatic carbocycles. The van der Waals surface area contributed by atoms with Crippen LogP contribution in [-0.4, -0.2) is 47.4 Å². The molecule has 6 nitrogen and oxygen atoms in total. The average Bonchev–Trinajstić information content (AvgIpc) is 3.51. The Bertz CT molecular complexity index is 1130. The lowest BCUT2D eigenvalue weighted by molar-refractivity contribution is -0.133. The molecule has 1 aromatic heterocycles. The van der Waals surface area contributed by atoms with E-state index in [4.69, 9.17) is 9.15 Å². The molecule has 0 bridgehead atoms. The number of hydrogen-bond donors (Lipinski definition) is 0.